The van der Waals surface area contributed by atoms with Crippen LogP contribution in [-0.2, 0) is 0 Å². The molecule has 0 aliphatic carbocycles. The number of hydrogen-bond acceptors (Lipinski definition) is 7. The van der Waals surface area contributed by atoms with E-state index in [-0.39, 0.29) is 22.3 Å². The normalized spacial score (nSPS) is 15.4. The summed E-state index contributed by atoms with van der Waals surface area (Å²) in [5.74, 6) is -0.198. The van der Waals surface area contributed by atoms with E-state index < -0.39 is 23.2 Å². The number of aromatic nitrogens is 1. The van der Waals surface area contributed by atoms with E-state index >= 15 is 0 Å². The Morgan fingerprint density at radius 3 is 2.61 bits per heavy atom. The average molecular weight is 438 g/mol. The largest absolute Gasteiger partial charge is 0.493 e. The third kappa shape index (κ3) is 2.89. The van der Waals surface area contributed by atoms with Crippen molar-refractivity contribution in [3.05, 3.63) is 80.9 Å². The first-order chi connectivity index (χ1) is 15.0. The second kappa shape index (κ2) is 7.21. The van der Waals surface area contributed by atoms with Crippen molar-refractivity contribution in [3.8, 4) is 11.5 Å². The van der Waals surface area contributed by atoms with Gasteiger partial charge < -0.3 is 13.9 Å². The van der Waals surface area contributed by atoms with Crippen LogP contribution in [0.1, 0.15) is 27.7 Å². The second-order valence-corrected chi connectivity index (χ2v) is 7.69. The second-order valence-electron chi connectivity index (χ2n) is 6.82. The number of anilines is 1. The Morgan fingerprint density at radius 2 is 1.90 bits per heavy atom. The molecule has 1 aliphatic rings. The van der Waals surface area contributed by atoms with Crippen molar-refractivity contribution in [1.29, 1.82) is 0 Å². The van der Waals surface area contributed by atoms with E-state index in [4.69, 9.17) is 13.9 Å². The van der Waals surface area contributed by atoms with Crippen LogP contribution in [0.5, 0.6) is 11.5 Å². The Bertz CT molecular complexity index is 1380. The fourth-order valence-electron chi connectivity index (χ4n) is 3.82. The summed E-state index contributed by atoms with van der Waals surface area (Å²) < 4.78 is 30.3. The molecule has 9 heteroatoms. The minimum atomic E-state index is -0.822. The fourth-order valence-corrected chi connectivity index (χ4v) is 4.48. The molecule has 0 bridgehead atoms. The molecular weight excluding hydrogens is 423 g/mol. The lowest BCUT2D eigenvalue weighted by molar-refractivity contribution is 0.0971. The van der Waals surface area contributed by atoms with Crippen molar-refractivity contribution >= 4 is 33.3 Å². The van der Waals surface area contributed by atoms with E-state index in [1.165, 1.54) is 42.6 Å². The lowest BCUT2D eigenvalue weighted by atomic mass is 9.98. The molecular formula is C22H15FN2O5S. The van der Waals surface area contributed by atoms with Gasteiger partial charge in [0.1, 0.15) is 11.4 Å². The monoisotopic (exact) mass is 438 g/mol. The first-order valence-electron chi connectivity index (χ1n) is 9.24. The first kappa shape index (κ1) is 19.3. The molecule has 1 aliphatic heterocycles. The summed E-state index contributed by atoms with van der Waals surface area (Å²) in [6.45, 7) is 0. The van der Waals surface area contributed by atoms with E-state index in [0.717, 1.165) is 6.07 Å². The number of carbonyl (C=O) groups is 1. The molecule has 5 rings (SSSR count). The predicted octanol–water partition coefficient (Wildman–Crippen LogP) is 4.16. The van der Waals surface area contributed by atoms with Gasteiger partial charge in [-0.2, -0.15) is 0 Å². The molecule has 0 saturated carbocycles. The number of halogens is 1. The van der Waals surface area contributed by atoms with Gasteiger partial charge in [-0.05, 0) is 35.9 Å². The standard InChI is InChI=1S/C22H15FN2O5S/c1-28-15-5-3-11(9-16(15)29-2)18-17-19(26)13-10-12(23)4-6-14(13)30-20(17)21(27)25(18)22-24-7-8-31-22/h3-10,18H,1-2H3. The maximum absolute atomic E-state index is 13.9. The van der Waals surface area contributed by atoms with Crippen LogP contribution >= 0.6 is 11.3 Å². The van der Waals surface area contributed by atoms with Gasteiger partial charge in [0, 0.05) is 11.6 Å². The Morgan fingerprint density at radius 1 is 1.10 bits per heavy atom. The van der Waals surface area contributed by atoms with Crippen molar-refractivity contribution < 1.29 is 23.1 Å². The number of hydrogen-bond donors (Lipinski definition) is 0. The molecule has 0 N–H and O–H groups in total. The van der Waals surface area contributed by atoms with Gasteiger partial charge in [-0.25, -0.2) is 9.37 Å². The van der Waals surface area contributed by atoms with Crippen molar-refractivity contribution in [2.45, 2.75) is 6.04 Å². The molecule has 1 unspecified atom stereocenters. The Balaban J connectivity index is 1.81. The molecule has 7 nitrogen and oxygen atoms in total. The molecule has 2 aromatic carbocycles. The summed E-state index contributed by atoms with van der Waals surface area (Å²) in [7, 11) is 3.02. The van der Waals surface area contributed by atoms with Crippen molar-refractivity contribution in [1.82, 2.24) is 4.98 Å². The van der Waals surface area contributed by atoms with Gasteiger partial charge in [0.05, 0.1) is 31.2 Å². The Hall–Kier alpha value is -3.72. The molecule has 31 heavy (non-hydrogen) atoms. The quantitative estimate of drug-likeness (QED) is 0.476. The minimum absolute atomic E-state index is 0.0676. The third-order valence-corrected chi connectivity index (χ3v) is 5.95. The highest BCUT2D eigenvalue weighted by molar-refractivity contribution is 7.13. The van der Waals surface area contributed by atoms with Crippen molar-refractivity contribution in [2.75, 3.05) is 19.1 Å². The van der Waals surface area contributed by atoms with Gasteiger partial charge in [0.25, 0.3) is 5.91 Å². The number of methoxy groups -OCH3 is 2. The van der Waals surface area contributed by atoms with Gasteiger partial charge in [-0.3, -0.25) is 14.5 Å². The topological polar surface area (TPSA) is 81.9 Å². The van der Waals surface area contributed by atoms with Gasteiger partial charge in [0.2, 0.25) is 5.76 Å². The molecule has 2 aromatic heterocycles. The number of benzene rings is 2. The molecule has 0 saturated heterocycles. The fraction of sp³-hybridized carbons (Fsp3) is 0.136. The summed E-state index contributed by atoms with van der Waals surface area (Å²) in [5, 5.41) is 2.21. The number of amides is 1. The van der Waals surface area contributed by atoms with Gasteiger partial charge in [0.15, 0.2) is 22.1 Å². The maximum atomic E-state index is 13.9. The number of fused-ring (bicyclic) bond motifs is 2. The summed E-state index contributed by atoms with van der Waals surface area (Å²) in [6.07, 6.45) is 1.57. The summed E-state index contributed by atoms with van der Waals surface area (Å²) in [6, 6.07) is 7.95. The highest BCUT2D eigenvalue weighted by Gasteiger charge is 2.45. The lowest BCUT2D eigenvalue weighted by Gasteiger charge is -2.23. The van der Waals surface area contributed by atoms with Crippen LogP contribution in [0.15, 0.2) is 57.2 Å². The number of rotatable bonds is 4. The molecule has 156 valence electrons. The van der Waals surface area contributed by atoms with E-state index in [2.05, 4.69) is 4.98 Å². The zero-order chi connectivity index (χ0) is 21.7. The summed E-state index contributed by atoms with van der Waals surface area (Å²) in [4.78, 5) is 32.4. The number of ether oxygens (including phenoxy) is 2. The van der Waals surface area contributed by atoms with Gasteiger partial charge in [-0.1, -0.05) is 6.07 Å². The molecule has 3 heterocycles. The SMILES string of the molecule is COc1ccc(C2c3c(oc4ccc(F)cc4c3=O)C(=O)N2c2nccs2)cc1OC. The number of thiazole rings is 1. The maximum Gasteiger partial charge on any atom is 0.297 e. The van der Waals surface area contributed by atoms with Crippen molar-refractivity contribution in [2.24, 2.45) is 0 Å². The van der Waals surface area contributed by atoms with E-state index in [0.29, 0.717) is 22.2 Å². The highest BCUT2D eigenvalue weighted by Crippen LogP contribution is 2.43. The Labute approximate surface area is 179 Å². The molecule has 1 amide bonds. The smallest absolute Gasteiger partial charge is 0.297 e. The number of nitrogens with zero attached hydrogens (tertiary/aromatic N) is 2. The Kier molecular flexibility index (Phi) is 4.48. The molecule has 0 fully saturated rings. The van der Waals surface area contributed by atoms with Crippen molar-refractivity contribution in [3.63, 3.8) is 0 Å². The minimum Gasteiger partial charge on any atom is -0.493 e. The first-order valence-corrected chi connectivity index (χ1v) is 10.1. The summed E-state index contributed by atoms with van der Waals surface area (Å²) >= 11 is 1.26. The van der Waals surface area contributed by atoms with Gasteiger partial charge in [-0.15, -0.1) is 11.3 Å². The zero-order valence-corrected chi connectivity index (χ0v) is 17.2. The van der Waals surface area contributed by atoms with E-state index in [9.17, 15) is 14.0 Å². The van der Waals surface area contributed by atoms with Crippen LogP contribution < -0.4 is 19.8 Å². The van der Waals surface area contributed by atoms with Crippen LogP contribution in [0.25, 0.3) is 11.0 Å². The van der Waals surface area contributed by atoms with Crippen LogP contribution in [0.4, 0.5) is 9.52 Å². The highest BCUT2D eigenvalue weighted by atomic mass is 32.1. The van der Waals surface area contributed by atoms with Crippen LogP contribution in [0.2, 0.25) is 0 Å². The van der Waals surface area contributed by atoms with E-state index in [1.54, 1.807) is 29.8 Å². The van der Waals surface area contributed by atoms with Crippen LogP contribution in [0, 0.1) is 5.82 Å². The van der Waals surface area contributed by atoms with E-state index in [1.807, 2.05) is 0 Å². The predicted molar refractivity (Wildman–Crippen MR) is 113 cm³/mol. The summed E-state index contributed by atoms with van der Waals surface area (Å²) in [5.41, 5.74) is 0.405. The average Bonchev–Trinajstić information content (AvgIpc) is 3.40. The number of carbonyl (C=O) groups excluding carboxylic acids is 1. The molecule has 0 spiro atoms. The third-order valence-electron chi connectivity index (χ3n) is 5.18. The molecule has 1 atom stereocenters. The molecule has 0 radical (unpaired) electrons. The van der Waals surface area contributed by atoms with Gasteiger partial charge >= 0.3 is 0 Å². The zero-order valence-electron chi connectivity index (χ0n) is 16.4. The van der Waals surface area contributed by atoms with Crippen LogP contribution in [0.3, 0.4) is 0 Å². The van der Waals surface area contributed by atoms with Crippen LogP contribution in [-0.4, -0.2) is 25.1 Å². The lowest BCUT2D eigenvalue weighted by Crippen LogP contribution is -2.29. The molecule has 4 aromatic rings.